The second-order valence-corrected chi connectivity index (χ2v) is 8.29. The SMILES string of the molecule is Cc1nnc(NC(=O)c2nnc(CCC(=O)NCc3ccc4c(c3)OCO4)s2)s1. The van der Waals surface area contributed by atoms with Gasteiger partial charge in [-0.2, -0.15) is 0 Å². The molecule has 10 nitrogen and oxygen atoms in total. The molecule has 29 heavy (non-hydrogen) atoms. The van der Waals surface area contributed by atoms with Crippen molar-refractivity contribution >= 4 is 39.6 Å². The van der Waals surface area contributed by atoms with Gasteiger partial charge in [0.2, 0.25) is 22.8 Å². The van der Waals surface area contributed by atoms with Crippen LogP contribution >= 0.6 is 22.7 Å². The molecule has 4 rings (SSSR count). The molecule has 1 aliphatic rings. The topological polar surface area (TPSA) is 128 Å². The van der Waals surface area contributed by atoms with E-state index in [0.29, 0.717) is 34.6 Å². The zero-order chi connectivity index (χ0) is 20.2. The summed E-state index contributed by atoms with van der Waals surface area (Å²) >= 11 is 2.43. The van der Waals surface area contributed by atoms with Crippen molar-refractivity contribution in [2.75, 3.05) is 12.1 Å². The first-order chi connectivity index (χ1) is 14.1. The molecule has 3 heterocycles. The lowest BCUT2D eigenvalue weighted by Crippen LogP contribution is -2.22. The normalized spacial score (nSPS) is 12.0. The van der Waals surface area contributed by atoms with E-state index in [-0.39, 0.29) is 24.1 Å². The van der Waals surface area contributed by atoms with Crippen LogP contribution in [0.5, 0.6) is 11.5 Å². The Balaban J connectivity index is 1.24. The average molecular weight is 432 g/mol. The Morgan fingerprint density at radius 1 is 1.10 bits per heavy atom. The number of anilines is 1. The van der Waals surface area contributed by atoms with Crippen LogP contribution in [-0.2, 0) is 17.8 Å². The molecular weight excluding hydrogens is 416 g/mol. The van der Waals surface area contributed by atoms with Crippen molar-refractivity contribution in [2.24, 2.45) is 0 Å². The number of fused-ring (bicyclic) bond motifs is 1. The fraction of sp³-hybridized carbons (Fsp3) is 0.294. The summed E-state index contributed by atoms with van der Waals surface area (Å²) < 4.78 is 10.6. The molecule has 0 radical (unpaired) electrons. The molecule has 0 atom stereocenters. The maximum Gasteiger partial charge on any atom is 0.288 e. The highest BCUT2D eigenvalue weighted by Crippen LogP contribution is 2.32. The fourth-order valence-corrected chi connectivity index (χ4v) is 3.83. The molecule has 0 aliphatic carbocycles. The molecule has 12 heteroatoms. The van der Waals surface area contributed by atoms with Gasteiger partial charge in [0.05, 0.1) is 0 Å². The predicted octanol–water partition coefficient (Wildman–Crippen LogP) is 1.93. The molecule has 0 saturated heterocycles. The molecule has 0 bridgehead atoms. The standard InChI is InChI=1S/C17H16N6O4S2/c1-9-20-23-17(28-9)19-15(25)16-22-21-14(29-16)5-4-13(24)18-7-10-2-3-11-12(6-10)27-8-26-11/h2-3,6H,4-5,7-8H2,1H3,(H,18,24)(H,19,23,25). The van der Waals surface area contributed by atoms with Gasteiger partial charge >= 0.3 is 0 Å². The molecule has 150 valence electrons. The Morgan fingerprint density at radius 2 is 1.97 bits per heavy atom. The largest absolute Gasteiger partial charge is 0.454 e. The molecule has 1 aromatic carbocycles. The number of amides is 2. The van der Waals surface area contributed by atoms with Crippen LogP contribution in [0.1, 0.15) is 31.8 Å². The summed E-state index contributed by atoms with van der Waals surface area (Å²) in [4.78, 5) is 24.3. The van der Waals surface area contributed by atoms with Crippen LogP contribution in [0.15, 0.2) is 18.2 Å². The van der Waals surface area contributed by atoms with Gasteiger partial charge in [-0.25, -0.2) is 0 Å². The first kappa shape index (κ1) is 19.2. The number of ether oxygens (including phenoxy) is 2. The van der Waals surface area contributed by atoms with Gasteiger partial charge < -0.3 is 14.8 Å². The number of benzene rings is 1. The highest BCUT2D eigenvalue weighted by molar-refractivity contribution is 7.15. The summed E-state index contributed by atoms with van der Waals surface area (Å²) in [5.74, 6) is 0.878. The molecular formula is C17H16N6O4S2. The first-order valence-corrected chi connectivity index (χ1v) is 10.3. The lowest BCUT2D eigenvalue weighted by Gasteiger charge is -2.05. The lowest BCUT2D eigenvalue weighted by atomic mass is 10.2. The van der Waals surface area contributed by atoms with Gasteiger partial charge in [0.1, 0.15) is 10.0 Å². The minimum Gasteiger partial charge on any atom is -0.454 e. The number of hydrogen-bond acceptors (Lipinski definition) is 10. The van der Waals surface area contributed by atoms with E-state index in [2.05, 4.69) is 31.0 Å². The minimum atomic E-state index is -0.392. The Hall–Kier alpha value is -3.12. The van der Waals surface area contributed by atoms with Crippen molar-refractivity contribution in [1.29, 1.82) is 0 Å². The monoisotopic (exact) mass is 432 g/mol. The van der Waals surface area contributed by atoms with Crippen molar-refractivity contribution in [3.05, 3.63) is 38.8 Å². The molecule has 3 aromatic rings. The Bertz CT molecular complexity index is 1050. The van der Waals surface area contributed by atoms with Crippen LogP contribution in [0.3, 0.4) is 0 Å². The van der Waals surface area contributed by atoms with Gasteiger partial charge in [-0.05, 0) is 24.6 Å². The smallest absolute Gasteiger partial charge is 0.288 e. The summed E-state index contributed by atoms with van der Waals surface area (Å²) in [6.45, 7) is 2.40. The summed E-state index contributed by atoms with van der Waals surface area (Å²) in [5, 5.41) is 23.0. The van der Waals surface area contributed by atoms with E-state index in [4.69, 9.17) is 9.47 Å². The zero-order valence-electron chi connectivity index (χ0n) is 15.3. The number of carbonyl (C=O) groups is 2. The first-order valence-electron chi connectivity index (χ1n) is 8.66. The van der Waals surface area contributed by atoms with Gasteiger partial charge in [0, 0.05) is 19.4 Å². The number of aromatic nitrogens is 4. The number of carbonyl (C=O) groups excluding carboxylic acids is 2. The fourth-order valence-electron chi connectivity index (χ4n) is 2.50. The summed E-state index contributed by atoms with van der Waals surface area (Å²) in [7, 11) is 0. The maximum atomic E-state index is 12.2. The van der Waals surface area contributed by atoms with Crippen molar-refractivity contribution in [3.8, 4) is 11.5 Å². The second-order valence-electron chi connectivity index (χ2n) is 6.05. The van der Waals surface area contributed by atoms with Crippen LogP contribution in [0.25, 0.3) is 0 Å². The van der Waals surface area contributed by atoms with Gasteiger partial charge in [-0.1, -0.05) is 28.7 Å². The third kappa shape index (κ3) is 4.84. The summed E-state index contributed by atoms with van der Waals surface area (Å²) in [6.07, 6.45) is 0.645. The minimum absolute atomic E-state index is 0.117. The molecule has 0 saturated carbocycles. The number of nitrogens with zero attached hydrogens (tertiary/aromatic N) is 4. The quantitative estimate of drug-likeness (QED) is 0.580. The molecule has 2 N–H and O–H groups in total. The molecule has 0 unspecified atom stereocenters. The molecule has 2 aromatic heterocycles. The number of hydrogen-bond donors (Lipinski definition) is 2. The van der Waals surface area contributed by atoms with Crippen molar-refractivity contribution in [2.45, 2.75) is 26.3 Å². The molecule has 1 aliphatic heterocycles. The van der Waals surface area contributed by atoms with E-state index in [9.17, 15) is 9.59 Å². The third-order valence-electron chi connectivity index (χ3n) is 3.90. The third-order valence-corrected chi connectivity index (χ3v) is 5.64. The van der Waals surface area contributed by atoms with Crippen molar-refractivity contribution in [1.82, 2.24) is 25.7 Å². The van der Waals surface area contributed by atoms with E-state index in [0.717, 1.165) is 21.9 Å². The van der Waals surface area contributed by atoms with Gasteiger partial charge in [0.25, 0.3) is 5.91 Å². The van der Waals surface area contributed by atoms with Crippen LogP contribution in [0.4, 0.5) is 5.13 Å². The van der Waals surface area contributed by atoms with Crippen LogP contribution < -0.4 is 20.1 Å². The number of rotatable bonds is 7. The Labute approximate surface area is 173 Å². The molecule has 2 amide bonds. The van der Waals surface area contributed by atoms with E-state index in [1.54, 1.807) is 6.92 Å². The Morgan fingerprint density at radius 3 is 2.79 bits per heavy atom. The second kappa shape index (κ2) is 8.49. The summed E-state index contributed by atoms with van der Waals surface area (Å²) in [6, 6.07) is 5.54. The number of nitrogens with one attached hydrogen (secondary N) is 2. The van der Waals surface area contributed by atoms with E-state index in [1.807, 2.05) is 18.2 Å². The zero-order valence-corrected chi connectivity index (χ0v) is 16.9. The molecule has 0 spiro atoms. The lowest BCUT2D eigenvalue weighted by molar-refractivity contribution is -0.121. The van der Waals surface area contributed by atoms with E-state index >= 15 is 0 Å². The van der Waals surface area contributed by atoms with Gasteiger partial charge in [-0.15, -0.1) is 20.4 Å². The van der Waals surface area contributed by atoms with E-state index < -0.39 is 5.91 Å². The molecule has 0 fully saturated rings. The van der Waals surface area contributed by atoms with E-state index in [1.165, 1.54) is 11.3 Å². The maximum absolute atomic E-state index is 12.2. The number of aryl methyl sites for hydroxylation is 2. The van der Waals surface area contributed by atoms with Crippen LogP contribution in [0, 0.1) is 6.92 Å². The predicted molar refractivity (Wildman–Crippen MR) is 105 cm³/mol. The van der Waals surface area contributed by atoms with Crippen molar-refractivity contribution < 1.29 is 19.1 Å². The van der Waals surface area contributed by atoms with Crippen molar-refractivity contribution in [3.63, 3.8) is 0 Å². The highest BCUT2D eigenvalue weighted by Gasteiger charge is 2.16. The highest BCUT2D eigenvalue weighted by atomic mass is 32.1. The van der Waals surface area contributed by atoms with Crippen LogP contribution in [-0.4, -0.2) is 39.0 Å². The summed E-state index contributed by atoms with van der Waals surface area (Å²) in [5.41, 5.74) is 0.921. The Kier molecular flexibility index (Phi) is 5.62. The average Bonchev–Trinajstić information content (AvgIpc) is 3.45. The van der Waals surface area contributed by atoms with Gasteiger partial charge in [0.15, 0.2) is 11.5 Å². The van der Waals surface area contributed by atoms with Gasteiger partial charge in [-0.3, -0.25) is 14.9 Å². The van der Waals surface area contributed by atoms with Crippen LogP contribution in [0.2, 0.25) is 0 Å².